The molecule has 1 heterocycles. The molecule has 0 bridgehead atoms. The van der Waals surface area contributed by atoms with E-state index in [1.54, 1.807) is 0 Å². The van der Waals surface area contributed by atoms with Crippen molar-refractivity contribution in [1.82, 2.24) is 10.2 Å². The number of piperidine rings is 1. The second-order valence-corrected chi connectivity index (χ2v) is 6.01. The van der Waals surface area contributed by atoms with Crippen LogP contribution >= 0.6 is 0 Å². The van der Waals surface area contributed by atoms with Crippen LogP contribution in [-0.4, -0.2) is 37.1 Å². The Hall–Kier alpha value is -0.0800. The molecule has 0 spiro atoms. The van der Waals surface area contributed by atoms with Gasteiger partial charge in [0, 0.05) is 18.6 Å². The standard InChI is InChI=1S/C13H28N2/c1-11(14-5)9-12(2)15-8-6-7-13(3,4)10-15/h11-12,14H,6-10H2,1-5H3. The Morgan fingerprint density at radius 2 is 2.00 bits per heavy atom. The smallest absolute Gasteiger partial charge is 0.00818 e. The quantitative estimate of drug-likeness (QED) is 0.770. The van der Waals surface area contributed by atoms with Crippen LogP contribution in [0.3, 0.4) is 0 Å². The molecule has 1 N–H and O–H groups in total. The molecular weight excluding hydrogens is 184 g/mol. The van der Waals surface area contributed by atoms with Crippen molar-refractivity contribution in [3.8, 4) is 0 Å². The molecule has 0 aromatic rings. The van der Waals surface area contributed by atoms with Crippen LogP contribution in [0.15, 0.2) is 0 Å². The molecule has 1 aliphatic rings. The van der Waals surface area contributed by atoms with E-state index < -0.39 is 0 Å². The number of nitrogens with zero attached hydrogens (tertiary/aromatic N) is 1. The first-order valence-electron chi connectivity index (χ1n) is 6.36. The van der Waals surface area contributed by atoms with Gasteiger partial charge < -0.3 is 10.2 Å². The van der Waals surface area contributed by atoms with Gasteiger partial charge in [-0.15, -0.1) is 0 Å². The minimum absolute atomic E-state index is 0.523. The van der Waals surface area contributed by atoms with Gasteiger partial charge in [-0.1, -0.05) is 13.8 Å². The van der Waals surface area contributed by atoms with Gasteiger partial charge >= 0.3 is 0 Å². The zero-order valence-electron chi connectivity index (χ0n) is 11.1. The molecule has 1 rings (SSSR count). The highest BCUT2D eigenvalue weighted by atomic mass is 15.2. The topological polar surface area (TPSA) is 15.3 Å². The molecule has 0 radical (unpaired) electrons. The molecule has 1 fully saturated rings. The van der Waals surface area contributed by atoms with E-state index in [9.17, 15) is 0 Å². The molecule has 1 saturated heterocycles. The van der Waals surface area contributed by atoms with Crippen LogP contribution in [0.1, 0.15) is 47.0 Å². The summed E-state index contributed by atoms with van der Waals surface area (Å²) in [5.41, 5.74) is 0.523. The van der Waals surface area contributed by atoms with Crippen molar-refractivity contribution in [2.75, 3.05) is 20.1 Å². The maximum Gasteiger partial charge on any atom is 0.00818 e. The molecule has 0 aromatic heterocycles. The van der Waals surface area contributed by atoms with Gasteiger partial charge in [-0.3, -0.25) is 0 Å². The first-order valence-corrected chi connectivity index (χ1v) is 6.36. The lowest BCUT2D eigenvalue weighted by Crippen LogP contribution is -2.46. The van der Waals surface area contributed by atoms with Crippen LogP contribution in [0, 0.1) is 5.41 Å². The van der Waals surface area contributed by atoms with E-state index in [1.165, 1.54) is 32.4 Å². The van der Waals surface area contributed by atoms with E-state index >= 15 is 0 Å². The van der Waals surface area contributed by atoms with Gasteiger partial charge in [-0.05, 0) is 52.1 Å². The Morgan fingerprint density at radius 1 is 1.33 bits per heavy atom. The van der Waals surface area contributed by atoms with Crippen molar-refractivity contribution in [2.24, 2.45) is 5.41 Å². The predicted molar refractivity (Wildman–Crippen MR) is 67.2 cm³/mol. The maximum absolute atomic E-state index is 3.33. The van der Waals surface area contributed by atoms with Crippen molar-refractivity contribution in [1.29, 1.82) is 0 Å². The van der Waals surface area contributed by atoms with Gasteiger partial charge in [0.2, 0.25) is 0 Å². The number of rotatable bonds is 4. The van der Waals surface area contributed by atoms with Crippen molar-refractivity contribution in [3.63, 3.8) is 0 Å². The van der Waals surface area contributed by atoms with Crippen LogP contribution in [0.2, 0.25) is 0 Å². The second-order valence-electron chi connectivity index (χ2n) is 6.01. The van der Waals surface area contributed by atoms with Crippen molar-refractivity contribution < 1.29 is 0 Å². The molecule has 0 amide bonds. The molecule has 0 saturated carbocycles. The van der Waals surface area contributed by atoms with Crippen molar-refractivity contribution in [3.05, 3.63) is 0 Å². The zero-order chi connectivity index (χ0) is 11.5. The van der Waals surface area contributed by atoms with Gasteiger partial charge in [-0.2, -0.15) is 0 Å². The summed E-state index contributed by atoms with van der Waals surface area (Å²) >= 11 is 0. The lowest BCUT2D eigenvalue weighted by molar-refractivity contribution is 0.0778. The van der Waals surface area contributed by atoms with Crippen LogP contribution in [-0.2, 0) is 0 Å². The average molecular weight is 212 g/mol. The maximum atomic E-state index is 3.33. The van der Waals surface area contributed by atoms with Crippen molar-refractivity contribution in [2.45, 2.75) is 59.0 Å². The lowest BCUT2D eigenvalue weighted by Gasteiger charge is -2.41. The summed E-state index contributed by atoms with van der Waals surface area (Å²) in [4.78, 5) is 2.66. The average Bonchev–Trinajstić information content (AvgIpc) is 2.16. The van der Waals surface area contributed by atoms with Crippen LogP contribution < -0.4 is 5.32 Å². The Labute approximate surface area is 95.4 Å². The summed E-state index contributed by atoms with van der Waals surface area (Å²) in [5.74, 6) is 0. The van der Waals surface area contributed by atoms with E-state index in [-0.39, 0.29) is 0 Å². The summed E-state index contributed by atoms with van der Waals surface area (Å²) in [6.45, 7) is 12.0. The number of hydrogen-bond acceptors (Lipinski definition) is 2. The molecule has 0 aromatic carbocycles. The van der Waals surface area contributed by atoms with Crippen LogP contribution in [0.25, 0.3) is 0 Å². The molecular formula is C13H28N2. The Balaban J connectivity index is 2.42. The highest BCUT2D eigenvalue weighted by Gasteiger charge is 2.28. The highest BCUT2D eigenvalue weighted by molar-refractivity contribution is 4.83. The van der Waals surface area contributed by atoms with Crippen LogP contribution in [0.4, 0.5) is 0 Å². The van der Waals surface area contributed by atoms with Gasteiger partial charge in [0.15, 0.2) is 0 Å². The fourth-order valence-corrected chi connectivity index (χ4v) is 2.62. The summed E-state index contributed by atoms with van der Waals surface area (Å²) in [5, 5.41) is 3.33. The normalized spacial score (nSPS) is 26.2. The Kier molecular flexibility index (Phi) is 4.60. The van der Waals surface area contributed by atoms with E-state index in [0.29, 0.717) is 17.5 Å². The third-order valence-electron chi connectivity index (χ3n) is 3.74. The molecule has 2 nitrogen and oxygen atoms in total. The molecule has 90 valence electrons. The summed E-state index contributed by atoms with van der Waals surface area (Å²) in [6, 6.07) is 1.34. The molecule has 2 unspecified atom stereocenters. The lowest BCUT2D eigenvalue weighted by atomic mass is 9.83. The minimum Gasteiger partial charge on any atom is -0.317 e. The molecule has 1 aliphatic heterocycles. The number of likely N-dealkylation sites (tertiary alicyclic amines) is 1. The summed E-state index contributed by atoms with van der Waals surface area (Å²) in [6.07, 6.45) is 4.01. The Bertz CT molecular complexity index is 189. The number of hydrogen-bond donors (Lipinski definition) is 1. The largest absolute Gasteiger partial charge is 0.317 e. The second kappa shape index (κ2) is 5.31. The first kappa shape index (κ1) is 13.0. The van der Waals surface area contributed by atoms with Crippen LogP contribution in [0.5, 0.6) is 0 Å². The molecule has 2 atom stereocenters. The van der Waals surface area contributed by atoms with Crippen molar-refractivity contribution >= 4 is 0 Å². The van der Waals surface area contributed by atoms with Gasteiger partial charge in [0.1, 0.15) is 0 Å². The molecule has 2 heteroatoms. The summed E-state index contributed by atoms with van der Waals surface area (Å²) < 4.78 is 0. The monoisotopic (exact) mass is 212 g/mol. The van der Waals surface area contributed by atoms with E-state index in [4.69, 9.17) is 0 Å². The fourth-order valence-electron chi connectivity index (χ4n) is 2.62. The van der Waals surface area contributed by atoms with Gasteiger partial charge in [-0.25, -0.2) is 0 Å². The summed E-state index contributed by atoms with van der Waals surface area (Å²) in [7, 11) is 2.05. The van der Waals surface area contributed by atoms with Gasteiger partial charge in [0.05, 0.1) is 0 Å². The fraction of sp³-hybridized carbons (Fsp3) is 1.00. The van der Waals surface area contributed by atoms with E-state index in [0.717, 1.165) is 0 Å². The van der Waals surface area contributed by atoms with Gasteiger partial charge in [0.25, 0.3) is 0 Å². The SMILES string of the molecule is CNC(C)CC(C)N1CCCC(C)(C)C1. The van der Waals surface area contributed by atoms with E-state index in [1.807, 2.05) is 0 Å². The molecule has 15 heavy (non-hydrogen) atoms. The first-order chi connectivity index (χ1) is 6.94. The Morgan fingerprint density at radius 3 is 2.53 bits per heavy atom. The zero-order valence-corrected chi connectivity index (χ0v) is 11.1. The number of nitrogens with one attached hydrogen (secondary N) is 1. The third kappa shape index (κ3) is 4.12. The minimum atomic E-state index is 0.523. The highest BCUT2D eigenvalue weighted by Crippen LogP contribution is 2.30. The predicted octanol–water partition coefficient (Wildman–Crippen LogP) is 2.49. The third-order valence-corrected chi connectivity index (χ3v) is 3.74. The van der Waals surface area contributed by atoms with E-state index in [2.05, 4.69) is 45.0 Å². The molecule has 0 aliphatic carbocycles.